The normalized spacial score (nSPS) is 14.7. The van der Waals surface area contributed by atoms with Crippen LogP contribution in [0.4, 0.5) is 0 Å². The number of benzene rings is 1. The number of aliphatic imine (C=N–C) groups is 1. The topological polar surface area (TPSA) is 65.0 Å². The number of fused-ring (bicyclic) bond motifs is 1. The first-order chi connectivity index (χ1) is 12.4. The van der Waals surface area contributed by atoms with Crippen LogP contribution in [-0.4, -0.2) is 51.3 Å². The minimum absolute atomic E-state index is 0. The zero-order valence-corrected chi connectivity index (χ0v) is 19.6. The van der Waals surface area contributed by atoms with E-state index in [4.69, 9.17) is 0 Å². The standard InChI is InChI=1S/C18H24N4O2S2.HI/c1-19-18(22-11-10-14-6-4-5-7-15(14)13-22)20-12-16-8-9-17(25-16)26(23,24)21(2)3;/h4-9H,10-13H2,1-3H3,(H,19,20);1H. The number of rotatable bonds is 4. The van der Waals surface area contributed by atoms with Crippen molar-refractivity contribution in [1.29, 1.82) is 0 Å². The summed E-state index contributed by atoms with van der Waals surface area (Å²) in [5.41, 5.74) is 2.73. The molecule has 0 aliphatic carbocycles. The van der Waals surface area contributed by atoms with E-state index in [0.29, 0.717) is 10.8 Å². The quantitative estimate of drug-likeness (QED) is 0.383. The monoisotopic (exact) mass is 520 g/mol. The maximum Gasteiger partial charge on any atom is 0.252 e. The van der Waals surface area contributed by atoms with Crippen LogP contribution in [0.15, 0.2) is 45.6 Å². The van der Waals surface area contributed by atoms with Crippen molar-refractivity contribution in [3.63, 3.8) is 0 Å². The second-order valence-electron chi connectivity index (χ2n) is 6.35. The Morgan fingerprint density at radius 1 is 1.22 bits per heavy atom. The average molecular weight is 520 g/mol. The van der Waals surface area contributed by atoms with Gasteiger partial charge in [-0.25, -0.2) is 12.7 Å². The Labute approximate surface area is 182 Å². The van der Waals surface area contributed by atoms with Crippen molar-refractivity contribution >= 4 is 51.3 Å². The van der Waals surface area contributed by atoms with Gasteiger partial charge in [-0.15, -0.1) is 35.3 Å². The molecule has 2 aromatic rings. The molecular weight excluding hydrogens is 495 g/mol. The summed E-state index contributed by atoms with van der Waals surface area (Å²) in [5.74, 6) is 0.838. The summed E-state index contributed by atoms with van der Waals surface area (Å²) < 4.78 is 26.0. The lowest BCUT2D eigenvalue weighted by Gasteiger charge is -2.31. The number of nitrogens with zero attached hydrogens (tertiary/aromatic N) is 3. The van der Waals surface area contributed by atoms with Gasteiger partial charge in [-0.3, -0.25) is 4.99 Å². The molecule has 2 heterocycles. The van der Waals surface area contributed by atoms with Gasteiger partial charge in [-0.2, -0.15) is 0 Å². The zero-order valence-electron chi connectivity index (χ0n) is 15.7. The van der Waals surface area contributed by atoms with Crippen LogP contribution in [0, 0.1) is 0 Å². The van der Waals surface area contributed by atoms with Crippen LogP contribution in [0.1, 0.15) is 16.0 Å². The summed E-state index contributed by atoms with van der Waals surface area (Å²) in [7, 11) is 1.50. The van der Waals surface area contributed by atoms with Gasteiger partial charge in [0.05, 0.1) is 6.54 Å². The van der Waals surface area contributed by atoms with Gasteiger partial charge >= 0.3 is 0 Å². The molecule has 1 aromatic heterocycles. The Morgan fingerprint density at radius 3 is 2.59 bits per heavy atom. The molecule has 1 aliphatic rings. The summed E-state index contributed by atoms with van der Waals surface area (Å²) in [4.78, 5) is 7.58. The molecule has 0 atom stereocenters. The Morgan fingerprint density at radius 2 is 1.93 bits per heavy atom. The van der Waals surface area contributed by atoms with E-state index >= 15 is 0 Å². The fourth-order valence-electron chi connectivity index (χ4n) is 2.95. The summed E-state index contributed by atoms with van der Waals surface area (Å²) in [6.45, 7) is 2.31. The first-order valence-corrected chi connectivity index (χ1v) is 10.7. The van der Waals surface area contributed by atoms with Gasteiger partial charge in [0.1, 0.15) is 4.21 Å². The zero-order chi connectivity index (χ0) is 18.7. The summed E-state index contributed by atoms with van der Waals surface area (Å²) >= 11 is 1.29. The lowest BCUT2D eigenvalue weighted by molar-refractivity contribution is 0.378. The molecule has 1 N–H and O–H groups in total. The maximum atomic E-state index is 12.2. The van der Waals surface area contributed by atoms with E-state index in [1.54, 1.807) is 27.2 Å². The Hall–Kier alpha value is -1.17. The largest absolute Gasteiger partial charge is 0.351 e. The number of hydrogen-bond donors (Lipinski definition) is 1. The number of guanidine groups is 1. The third kappa shape index (κ3) is 5.01. The molecule has 1 aliphatic heterocycles. The SMILES string of the molecule is CN=C(NCc1ccc(S(=O)(=O)N(C)C)s1)N1CCc2ccccc2C1.I. The van der Waals surface area contributed by atoms with Crippen LogP contribution >= 0.6 is 35.3 Å². The molecule has 0 spiro atoms. The van der Waals surface area contributed by atoms with Crippen LogP contribution in [-0.2, 0) is 29.5 Å². The molecule has 0 saturated carbocycles. The van der Waals surface area contributed by atoms with E-state index in [1.165, 1.54) is 26.8 Å². The minimum atomic E-state index is -3.37. The van der Waals surface area contributed by atoms with Gasteiger partial charge in [0.15, 0.2) is 5.96 Å². The summed E-state index contributed by atoms with van der Waals surface area (Å²) in [6, 6.07) is 12.0. The van der Waals surface area contributed by atoms with Crippen molar-refractivity contribution in [3.05, 3.63) is 52.4 Å². The Kier molecular flexibility index (Phi) is 7.66. The molecule has 0 saturated heterocycles. The number of hydrogen-bond acceptors (Lipinski definition) is 4. The van der Waals surface area contributed by atoms with Gasteiger partial charge in [0.25, 0.3) is 10.0 Å². The number of nitrogens with one attached hydrogen (secondary N) is 1. The highest BCUT2D eigenvalue weighted by atomic mass is 127. The van der Waals surface area contributed by atoms with Crippen LogP contribution in [0.5, 0.6) is 0 Å². The molecule has 0 bridgehead atoms. The predicted molar refractivity (Wildman–Crippen MR) is 121 cm³/mol. The van der Waals surface area contributed by atoms with Crippen molar-refractivity contribution in [2.45, 2.75) is 23.7 Å². The van der Waals surface area contributed by atoms with E-state index in [0.717, 1.165) is 30.3 Å². The van der Waals surface area contributed by atoms with E-state index in [1.807, 2.05) is 6.07 Å². The highest BCUT2D eigenvalue weighted by Crippen LogP contribution is 2.24. The fraction of sp³-hybridized carbons (Fsp3) is 0.389. The molecule has 9 heteroatoms. The smallest absolute Gasteiger partial charge is 0.252 e. The first-order valence-electron chi connectivity index (χ1n) is 8.45. The Bertz CT molecular complexity index is 910. The lowest BCUT2D eigenvalue weighted by atomic mass is 10.0. The lowest BCUT2D eigenvalue weighted by Crippen LogP contribution is -2.43. The molecular formula is C18H25IN4O2S2. The number of thiophene rings is 1. The van der Waals surface area contributed by atoms with Gasteiger partial charge in [0.2, 0.25) is 0 Å². The predicted octanol–water partition coefficient (Wildman–Crippen LogP) is 2.75. The molecule has 1 aromatic carbocycles. The van der Waals surface area contributed by atoms with Crippen molar-refractivity contribution in [3.8, 4) is 0 Å². The van der Waals surface area contributed by atoms with Gasteiger partial charge in [-0.05, 0) is 29.7 Å². The minimum Gasteiger partial charge on any atom is -0.351 e. The molecule has 6 nitrogen and oxygen atoms in total. The van der Waals surface area contributed by atoms with Crippen LogP contribution < -0.4 is 5.32 Å². The molecule has 3 rings (SSSR count). The van der Waals surface area contributed by atoms with Crippen LogP contribution in [0.3, 0.4) is 0 Å². The number of halogens is 1. The van der Waals surface area contributed by atoms with Crippen molar-refractivity contribution in [2.24, 2.45) is 4.99 Å². The van der Waals surface area contributed by atoms with E-state index in [9.17, 15) is 8.42 Å². The molecule has 148 valence electrons. The second-order valence-corrected chi connectivity index (χ2v) is 9.90. The second kappa shape index (κ2) is 9.35. The van der Waals surface area contributed by atoms with Crippen LogP contribution in [0.2, 0.25) is 0 Å². The first kappa shape index (κ1) is 22.1. The van der Waals surface area contributed by atoms with Crippen LogP contribution in [0.25, 0.3) is 0 Å². The number of sulfonamides is 1. The van der Waals surface area contributed by atoms with Gasteiger partial charge in [-0.1, -0.05) is 24.3 Å². The van der Waals surface area contributed by atoms with Crippen molar-refractivity contribution in [1.82, 2.24) is 14.5 Å². The average Bonchev–Trinajstić information content (AvgIpc) is 3.12. The Balaban J connectivity index is 0.00000261. The summed E-state index contributed by atoms with van der Waals surface area (Å²) in [5, 5.41) is 3.36. The molecule has 0 fully saturated rings. The fourth-order valence-corrected chi connectivity index (χ4v) is 5.41. The maximum absolute atomic E-state index is 12.2. The molecule has 27 heavy (non-hydrogen) atoms. The van der Waals surface area contributed by atoms with Crippen molar-refractivity contribution < 1.29 is 8.42 Å². The molecule has 0 unspecified atom stereocenters. The summed E-state index contributed by atoms with van der Waals surface area (Å²) in [6.07, 6.45) is 1.00. The van der Waals surface area contributed by atoms with E-state index in [-0.39, 0.29) is 24.0 Å². The molecule has 0 radical (unpaired) electrons. The highest BCUT2D eigenvalue weighted by molar-refractivity contribution is 14.0. The van der Waals surface area contributed by atoms with Gasteiger partial charge in [0, 0.05) is 39.1 Å². The van der Waals surface area contributed by atoms with E-state index < -0.39 is 10.0 Å². The van der Waals surface area contributed by atoms with E-state index in [2.05, 4.69) is 39.5 Å². The van der Waals surface area contributed by atoms with Gasteiger partial charge < -0.3 is 10.2 Å². The third-order valence-electron chi connectivity index (χ3n) is 4.43. The highest BCUT2D eigenvalue weighted by Gasteiger charge is 2.21. The van der Waals surface area contributed by atoms with Crippen molar-refractivity contribution in [2.75, 3.05) is 27.7 Å². The molecule has 0 amide bonds. The third-order valence-corrected chi connectivity index (χ3v) is 7.80.